The van der Waals surface area contributed by atoms with Crippen LogP contribution in [0.3, 0.4) is 0 Å². The number of nitriles is 1. The van der Waals surface area contributed by atoms with Crippen LogP contribution in [0.2, 0.25) is 0 Å². The molecule has 0 saturated heterocycles. The molecule has 7 heteroatoms. The number of hydrogen-bond donors (Lipinski definition) is 1. The third-order valence-corrected chi connectivity index (χ3v) is 3.93. The van der Waals surface area contributed by atoms with Gasteiger partial charge in [0.25, 0.3) is 5.56 Å². The molecule has 0 radical (unpaired) electrons. The number of benzene rings is 1. The third kappa shape index (κ3) is 3.26. The van der Waals surface area contributed by atoms with Crippen molar-refractivity contribution in [1.29, 1.82) is 5.26 Å². The molecule has 0 unspecified atom stereocenters. The first-order valence-electron chi connectivity index (χ1n) is 7.88. The summed E-state index contributed by atoms with van der Waals surface area (Å²) in [5.41, 5.74) is 1.32. The van der Waals surface area contributed by atoms with Gasteiger partial charge in [-0.1, -0.05) is 12.1 Å². The van der Waals surface area contributed by atoms with Gasteiger partial charge in [-0.15, -0.1) is 5.11 Å². The quantitative estimate of drug-likeness (QED) is 0.717. The van der Waals surface area contributed by atoms with Crippen LogP contribution in [0.25, 0.3) is 0 Å². The molecule has 0 bridgehead atoms. The van der Waals surface area contributed by atoms with E-state index in [2.05, 4.69) is 10.2 Å². The van der Waals surface area contributed by atoms with Crippen LogP contribution in [0.15, 0.2) is 62.1 Å². The maximum absolute atomic E-state index is 12.8. The normalized spacial score (nSPS) is 11.0. The Morgan fingerprint density at radius 1 is 1.23 bits per heavy atom. The Bertz CT molecular complexity index is 1070. The van der Waals surface area contributed by atoms with E-state index in [0.29, 0.717) is 11.4 Å². The summed E-state index contributed by atoms with van der Waals surface area (Å²) in [5, 5.41) is 27.8. The summed E-state index contributed by atoms with van der Waals surface area (Å²) in [5.74, 6) is 0.0534. The average molecular weight is 348 g/mol. The summed E-state index contributed by atoms with van der Waals surface area (Å²) >= 11 is 0. The van der Waals surface area contributed by atoms with Crippen LogP contribution in [0.1, 0.15) is 22.5 Å². The van der Waals surface area contributed by atoms with E-state index in [1.165, 1.54) is 6.26 Å². The van der Waals surface area contributed by atoms with Gasteiger partial charge in [0.05, 0.1) is 18.5 Å². The van der Waals surface area contributed by atoms with Crippen molar-refractivity contribution in [2.45, 2.75) is 20.4 Å². The fourth-order valence-corrected chi connectivity index (χ4v) is 2.56. The number of aromatic hydroxyl groups is 1. The van der Waals surface area contributed by atoms with Gasteiger partial charge in [0.1, 0.15) is 17.4 Å². The predicted octanol–water partition coefficient (Wildman–Crippen LogP) is 4.10. The molecular weight excluding hydrogens is 332 g/mol. The number of aryl methyl sites for hydroxylation is 1. The molecular formula is C19H16N4O3. The highest BCUT2D eigenvalue weighted by atomic mass is 16.3. The van der Waals surface area contributed by atoms with E-state index in [1.54, 1.807) is 25.1 Å². The molecule has 0 aliphatic carbocycles. The smallest absolute Gasteiger partial charge is 0.281 e. The molecule has 0 saturated carbocycles. The monoisotopic (exact) mass is 348 g/mol. The van der Waals surface area contributed by atoms with Crippen molar-refractivity contribution in [2.75, 3.05) is 0 Å². The first-order valence-corrected chi connectivity index (χ1v) is 7.88. The molecule has 0 aliphatic heterocycles. The SMILES string of the molecule is Cc1cccc(N=Nc2c(C)c(C#N)c(O)n(Cc3ccco3)c2=O)c1. The number of hydrogen-bond acceptors (Lipinski definition) is 6. The molecule has 3 aromatic rings. The Kier molecular flexibility index (Phi) is 4.67. The summed E-state index contributed by atoms with van der Waals surface area (Å²) in [4.78, 5) is 12.8. The van der Waals surface area contributed by atoms with Gasteiger partial charge >= 0.3 is 0 Å². The Labute approximate surface area is 149 Å². The van der Waals surface area contributed by atoms with Crippen LogP contribution in [0.5, 0.6) is 5.88 Å². The van der Waals surface area contributed by atoms with Gasteiger partial charge in [0.2, 0.25) is 5.88 Å². The number of pyridine rings is 1. The zero-order valence-electron chi connectivity index (χ0n) is 14.3. The maximum Gasteiger partial charge on any atom is 0.281 e. The van der Waals surface area contributed by atoms with E-state index in [4.69, 9.17) is 4.42 Å². The molecule has 130 valence electrons. The van der Waals surface area contributed by atoms with Crippen molar-refractivity contribution in [3.8, 4) is 11.9 Å². The summed E-state index contributed by atoms with van der Waals surface area (Å²) in [6.45, 7) is 3.47. The van der Waals surface area contributed by atoms with Gasteiger partial charge in [-0.25, -0.2) is 0 Å². The van der Waals surface area contributed by atoms with E-state index in [9.17, 15) is 15.2 Å². The van der Waals surface area contributed by atoms with Crippen LogP contribution in [-0.4, -0.2) is 9.67 Å². The average Bonchev–Trinajstić information content (AvgIpc) is 3.12. The minimum atomic E-state index is -0.549. The Morgan fingerprint density at radius 2 is 2.04 bits per heavy atom. The molecule has 0 atom stereocenters. The minimum Gasteiger partial charge on any atom is -0.493 e. The van der Waals surface area contributed by atoms with E-state index in [0.717, 1.165) is 10.1 Å². The Morgan fingerprint density at radius 3 is 2.69 bits per heavy atom. The lowest BCUT2D eigenvalue weighted by Gasteiger charge is -2.11. The summed E-state index contributed by atoms with van der Waals surface area (Å²) in [6.07, 6.45) is 1.47. The van der Waals surface area contributed by atoms with Gasteiger partial charge in [0, 0.05) is 5.56 Å². The molecule has 1 aromatic carbocycles. The van der Waals surface area contributed by atoms with Crippen LogP contribution in [0, 0.1) is 25.2 Å². The molecule has 3 rings (SSSR count). The molecule has 0 spiro atoms. The van der Waals surface area contributed by atoms with Crippen molar-refractivity contribution in [2.24, 2.45) is 10.2 Å². The summed E-state index contributed by atoms with van der Waals surface area (Å²) < 4.78 is 6.28. The summed E-state index contributed by atoms with van der Waals surface area (Å²) in [7, 11) is 0. The van der Waals surface area contributed by atoms with Crippen LogP contribution in [-0.2, 0) is 6.54 Å². The molecule has 7 nitrogen and oxygen atoms in total. The van der Waals surface area contributed by atoms with Gasteiger partial charge in [-0.05, 0) is 43.7 Å². The second-order valence-corrected chi connectivity index (χ2v) is 5.79. The number of rotatable bonds is 4. The predicted molar refractivity (Wildman–Crippen MR) is 95.0 cm³/mol. The second kappa shape index (κ2) is 7.07. The van der Waals surface area contributed by atoms with E-state index in [-0.39, 0.29) is 23.4 Å². The highest BCUT2D eigenvalue weighted by Gasteiger charge is 2.19. The van der Waals surface area contributed by atoms with Crippen molar-refractivity contribution in [3.63, 3.8) is 0 Å². The highest BCUT2D eigenvalue weighted by molar-refractivity contribution is 5.57. The van der Waals surface area contributed by atoms with Gasteiger partial charge in [0.15, 0.2) is 5.69 Å². The summed E-state index contributed by atoms with van der Waals surface area (Å²) in [6, 6.07) is 12.6. The van der Waals surface area contributed by atoms with Gasteiger partial charge < -0.3 is 9.52 Å². The molecule has 0 aliphatic rings. The molecule has 26 heavy (non-hydrogen) atoms. The fourth-order valence-electron chi connectivity index (χ4n) is 2.56. The minimum absolute atomic E-state index is 0.00686. The molecule has 0 amide bonds. The van der Waals surface area contributed by atoms with Crippen molar-refractivity contribution < 1.29 is 9.52 Å². The molecule has 2 heterocycles. The topological polar surface area (TPSA) is 104 Å². The fraction of sp³-hybridized carbons (Fsp3) is 0.158. The number of azo groups is 1. The zero-order valence-corrected chi connectivity index (χ0v) is 14.3. The van der Waals surface area contributed by atoms with Crippen LogP contribution >= 0.6 is 0 Å². The first kappa shape index (κ1) is 17.2. The molecule has 0 fully saturated rings. The lowest BCUT2D eigenvalue weighted by Crippen LogP contribution is -2.22. The second-order valence-electron chi connectivity index (χ2n) is 5.79. The number of furan rings is 1. The van der Waals surface area contributed by atoms with Crippen molar-refractivity contribution >= 4 is 11.4 Å². The number of nitrogens with zero attached hydrogens (tertiary/aromatic N) is 4. The highest BCUT2D eigenvalue weighted by Crippen LogP contribution is 2.27. The van der Waals surface area contributed by atoms with Gasteiger partial charge in [-0.3, -0.25) is 9.36 Å². The first-order chi connectivity index (χ1) is 12.5. The van der Waals surface area contributed by atoms with Crippen LogP contribution in [0.4, 0.5) is 11.4 Å². The molecule has 2 aromatic heterocycles. The maximum atomic E-state index is 12.8. The Balaban J connectivity index is 2.12. The van der Waals surface area contributed by atoms with Crippen molar-refractivity contribution in [3.05, 3.63) is 75.5 Å². The largest absolute Gasteiger partial charge is 0.493 e. The van der Waals surface area contributed by atoms with Crippen LogP contribution < -0.4 is 5.56 Å². The molecule has 1 N–H and O–H groups in total. The van der Waals surface area contributed by atoms with E-state index in [1.807, 2.05) is 31.2 Å². The standard InChI is InChI=1S/C19H16N4O3/c1-12-5-3-6-14(9-12)21-22-17-13(2)16(10-20)18(24)23(19(17)25)11-15-7-4-8-26-15/h3-9,24H,11H2,1-2H3. The number of aromatic nitrogens is 1. The lowest BCUT2D eigenvalue weighted by atomic mass is 10.1. The van der Waals surface area contributed by atoms with Crippen molar-refractivity contribution in [1.82, 2.24) is 4.57 Å². The van der Waals surface area contributed by atoms with E-state index >= 15 is 0 Å². The van der Waals surface area contributed by atoms with Gasteiger partial charge in [-0.2, -0.15) is 10.4 Å². The zero-order chi connectivity index (χ0) is 18.7. The lowest BCUT2D eigenvalue weighted by molar-refractivity contribution is 0.397. The Hall–Kier alpha value is -3.66. The third-order valence-electron chi connectivity index (χ3n) is 3.93. The van der Waals surface area contributed by atoms with E-state index < -0.39 is 11.4 Å².